The third kappa shape index (κ3) is 1.80. The van der Waals surface area contributed by atoms with Crippen LogP contribution in [0.4, 0.5) is 4.39 Å². The second kappa shape index (κ2) is 4.05. The summed E-state index contributed by atoms with van der Waals surface area (Å²) >= 11 is 5.18. The molecule has 0 saturated carbocycles. The number of halogens is 2. The Morgan fingerprint density at radius 2 is 2.38 bits per heavy atom. The van der Waals surface area contributed by atoms with E-state index in [-0.39, 0.29) is 6.04 Å². The summed E-state index contributed by atoms with van der Waals surface area (Å²) in [6.07, 6.45) is 0. The predicted molar refractivity (Wildman–Crippen MR) is 57.8 cm³/mol. The smallest absolute Gasteiger partial charge is 0.273 e. The van der Waals surface area contributed by atoms with Gasteiger partial charge < -0.3 is 4.90 Å². The molecule has 0 fully saturated rings. The van der Waals surface area contributed by atoms with Crippen molar-refractivity contribution in [1.82, 2.24) is 14.7 Å². The molecule has 4 nitrogen and oxygen atoms in total. The second-order valence-electron chi connectivity index (χ2n) is 3.94. The highest BCUT2D eigenvalue weighted by molar-refractivity contribution is 6.29. The van der Waals surface area contributed by atoms with E-state index >= 15 is 0 Å². The molecule has 2 atom stereocenters. The number of rotatable bonds is 1. The molecule has 1 aromatic heterocycles. The first-order valence-electron chi connectivity index (χ1n) is 5.13. The van der Waals surface area contributed by atoms with Crippen molar-refractivity contribution in [3.05, 3.63) is 17.5 Å². The summed E-state index contributed by atoms with van der Waals surface area (Å²) in [6, 6.07) is 1.73. The van der Waals surface area contributed by atoms with Crippen LogP contribution < -0.4 is 0 Å². The number of alkyl halides is 2. The van der Waals surface area contributed by atoms with Gasteiger partial charge in [0.1, 0.15) is 0 Å². The van der Waals surface area contributed by atoms with Gasteiger partial charge in [-0.15, -0.1) is 0 Å². The van der Waals surface area contributed by atoms with Crippen LogP contribution in [0.3, 0.4) is 0 Å². The quantitative estimate of drug-likeness (QED) is 0.706. The number of fused-ring (bicyclic) bond motifs is 1. The predicted octanol–water partition coefficient (Wildman–Crippen LogP) is 1.63. The van der Waals surface area contributed by atoms with Gasteiger partial charge in [0.2, 0.25) is 0 Å². The molecule has 1 aliphatic rings. The maximum absolute atomic E-state index is 12.8. The van der Waals surface area contributed by atoms with Gasteiger partial charge in [0, 0.05) is 6.54 Å². The Balaban J connectivity index is 2.27. The van der Waals surface area contributed by atoms with Crippen LogP contribution in [0.15, 0.2) is 6.07 Å². The zero-order valence-electron chi connectivity index (χ0n) is 9.15. The molecule has 0 aromatic carbocycles. The largest absolute Gasteiger partial charge is 0.329 e. The van der Waals surface area contributed by atoms with E-state index in [1.807, 2.05) is 24.6 Å². The molecule has 0 bridgehead atoms. The number of aryl methyl sites for hydroxylation is 1. The number of carbonyl (C=O) groups excluding carboxylic acids is 1. The third-order valence-corrected chi connectivity index (χ3v) is 3.04. The van der Waals surface area contributed by atoms with E-state index in [1.165, 1.54) is 4.90 Å². The van der Waals surface area contributed by atoms with Crippen molar-refractivity contribution in [2.45, 2.75) is 32.1 Å². The molecule has 2 heterocycles. The van der Waals surface area contributed by atoms with E-state index < -0.39 is 11.5 Å². The highest BCUT2D eigenvalue weighted by Gasteiger charge is 2.31. The van der Waals surface area contributed by atoms with Crippen LogP contribution in [0.5, 0.6) is 0 Å². The van der Waals surface area contributed by atoms with Gasteiger partial charge in [0.25, 0.3) is 11.5 Å². The summed E-state index contributed by atoms with van der Waals surface area (Å²) in [5.41, 5.74) is -0.133. The molecule has 1 aliphatic heterocycles. The van der Waals surface area contributed by atoms with Crippen molar-refractivity contribution in [1.29, 1.82) is 0 Å². The monoisotopic (exact) mass is 245 g/mol. The van der Waals surface area contributed by atoms with Gasteiger partial charge in [-0.2, -0.15) is 5.10 Å². The van der Waals surface area contributed by atoms with Gasteiger partial charge in [0.05, 0.1) is 24.0 Å². The van der Waals surface area contributed by atoms with Crippen molar-refractivity contribution in [3.63, 3.8) is 0 Å². The molecule has 0 aliphatic carbocycles. The Labute approximate surface area is 98.0 Å². The van der Waals surface area contributed by atoms with Crippen LogP contribution in [-0.4, -0.2) is 32.8 Å². The average molecular weight is 246 g/mol. The number of amides is 1. The summed E-state index contributed by atoms with van der Waals surface area (Å²) in [4.78, 5) is 13.0. The van der Waals surface area contributed by atoms with Gasteiger partial charge in [0.15, 0.2) is 0 Å². The molecule has 0 radical (unpaired) electrons. The normalized spacial score (nSPS) is 21.8. The molecular weight excluding hydrogens is 233 g/mol. The molecule has 16 heavy (non-hydrogen) atoms. The summed E-state index contributed by atoms with van der Waals surface area (Å²) < 4.78 is 14.6. The lowest BCUT2D eigenvalue weighted by Gasteiger charge is -2.33. The number of hydrogen-bond acceptors (Lipinski definition) is 2. The van der Waals surface area contributed by atoms with Crippen LogP contribution in [0, 0.1) is 6.92 Å². The molecule has 1 amide bonds. The summed E-state index contributed by atoms with van der Waals surface area (Å²) in [6.45, 7) is 4.77. The maximum atomic E-state index is 12.8. The van der Waals surface area contributed by atoms with E-state index in [2.05, 4.69) is 5.10 Å². The molecule has 2 rings (SSSR count). The first-order valence-corrected chi connectivity index (χ1v) is 5.57. The van der Waals surface area contributed by atoms with Crippen molar-refractivity contribution < 1.29 is 9.18 Å². The number of aromatic nitrogens is 2. The maximum Gasteiger partial charge on any atom is 0.273 e. The number of nitrogens with zero attached hydrogens (tertiary/aromatic N) is 3. The highest BCUT2D eigenvalue weighted by atomic mass is 35.5. The van der Waals surface area contributed by atoms with Gasteiger partial charge in [-0.25, -0.2) is 4.39 Å². The third-order valence-electron chi connectivity index (χ3n) is 2.85. The zero-order chi connectivity index (χ0) is 11.9. The van der Waals surface area contributed by atoms with Crippen LogP contribution in [0.2, 0.25) is 0 Å². The summed E-state index contributed by atoms with van der Waals surface area (Å²) in [5.74, 6) is -0.667. The number of carbonyl (C=O) groups is 1. The van der Waals surface area contributed by atoms with Crippen LogP contribution in [0.1, 0.15) is 24.4 Å². The molecular formula is C10H13ClFN3O. The minimum atomic E-state index is -1.96. The Morgan fingerprint density at radius 1 is 1.69 bits per heavy atom. The van der Waals surface area contributed by atoms with Gasteiger partial charge >= 0.3 is 0 Å². The van der Waals surface area contributed by atoms with Crippen molar-refractivity contribution in [2.24, 2.45) is 0 Å². The molecule has 0 spiro atoms. The first kappa shape index (κ1) is 11.4. The fourth-order valence-corrected chi connectivity index (χ4v) is 2.19. The van der Waals surface area contributed by atoms with E-state index in [0.29, 0.717) is 13.1 Å². The standard InChI is InChI=1S/C10H13ClFN3O/c1-6-5-8-7(2)14(10(16)9(11)12)3-4-15(8)13-6/h5,7,9H,3-4H2,1-2H3. The van der Waals surface area contributed by atoms with Crippen LogP contribution in [0.25, 0.3) is 0 Å². The number of hydrogen-bond donors (Lipinski definition) is 0. The Bertz CT molecular complexity index is 418. The first-order chi connectivity index (χ1) is 7.50. The van der Waals surface area contributed by atoms with Crippen molar-refractivity contribution in [3.8, 4) is 0 Å². The van der Waals surface area contributed by atoms with Crippen molar-refractivity contribution >= 4 is 17.5 Å². The Hall–Kier alpha value is -1.10. The van der Waals surface area contributed by atoms with Crippen molar-refractivity contribution in [2.75, 3.05) is 6.54 Å². The molecule has 88 valence electrons. The van der Waals surface area contributed by atoms with E-state index in [0.717, 1.165) is 11.4 Å². The summed E-state index contributed by atoms with van der Waals surface area (Å²) in [7, 11) is 0. The molecule has 6 heteroatoms. The lowest BCUT2D eigenvalue weighted by atomic mass is 10.1. The zero-order valence-corrected chi connectivity index (χ0v) is 9.91. The molecule has 0 N–H and O–H groups in total. The van der Waals surface area contributed by atoms with Crippen LogP contribution in [-0.2, 0) is 11.3 Å². The molecule has 1 aromatic rings. The van der Waals surface area contributed by atoms with Gasteiger partial charge in [-0.05, 0) is 19.9 Å². The van der Waals surface area contributed by atoms with E-state index in [4.69, 9.17) is 11.6 Å². The van der Waals surface area contributed by atoms with Gasteiger partial charge in [-0.1, -0.05) is 11.6 Å². The minimum Gasteiger partial charge on any atom is -0.329 e. The SMILES string of the molecule is Cc1cc2n(n1)CCN(C(=O)C(F)Cl)C2C. The van der Waals surface area contributed by atoms with E-state index in [1.54, 1.807) is 0 Å². The lowest BCUT2D eigenvalue weighted by Crippen LogP contribution is -2.43. The topological polar surface area (TPSA) is 38.1 Å². The average Bonchev–Trinajstić information content (AvgIpc) is 2.59. The fourth-order valence-electron chi connectivity index (χ4n) is 2.06. The molecule has 2 unspecified atom stereocenters. The van der Waals surface area contributed by atoms with E-state index in [9.17, 15) is 9.18 Å². The highest BCUT2D eigenvalue weighted by Crippen LogP contribution is 2.26. The Morgan fingerprint density at radius 3 is 3.00 bits per heavy atom. The van der Waals surface area contributed by atoms with Gasteiger partial charge in [-0.3, -0.25) is 9.48 Å². The second-order valence-corrected chi connectivity index (χ2v) is 4.33. The summed E-state index contributed by atoms with van der Waals surface area (Å²) in [5, 5.41) is 4.29. The molecule has 0 saturated heterocycles. The lowest BCUT2D eigenvalue weighted by molar-refractivity contribution is -0.137. The fraction of sp³-hybridized carbons (Fsp3) is 0.600. The minimum absolute atomic E-state index is 0.181. The van der Waals surface area contributed by atoms with Crippen LogP contribution >= 0.6 is 11.6 Å². The Kier molecular flexibility index (Phi) is 2.88.